The first-order valence-electron chi connectivity index (χ1n) is 10.8. The van der Waals surface area contributed by atoms with Gasteiger partial charge in [-0.15, -0.1) is 11.6 Å². The second kappa shape index (κ2) is 20.5. The van der Waals surface area contributed by atoms with Gasteiger partial charge in [0.2, 0.25) is 0 Å². The summed E-state index contributed by atoms with van der Waals surface area (Å²) >= 11 is 5.79. The summed E-state index contributed by atoms with van der Waals surface area (Å²) < 4.78 is 0. The molecule has 0 radical (unpaired) electrons. The van der Waals surface area contributed by atoms with Crippen LogP contribution >= 0.6 is 11.6 Å². The molecule has 0 heterocycles. The van der Waals surface area contributed by atoms with Crippen LogP contribution in [0.15, 0.2) is 0 Å². The molecule has 3 nitrogen and oxygen atoms in total. The highest BCUT2D eigenvalue weighted by Gasteiger charge is 2.07. The number of halogens is 1. The Kier molecular flexibility index (Phi) is 20.6. The predicted molar refractivity (Wildman–Crippen MR) is 110 cm³/mol. The van der Waals surface area contributed by atoms with Crippen molar-refractivity contribution in [2.75, 3.05) is 19.1 Å². The van der Waals surface area contributed by atoms with Gasteiger partial charge in [0.1, 0.15) is 0 Å². The number of hydrogen-bond acceptors (Lipinski definition) is 3. The third kappa shape index (κ3) is 20.3. The highest BCUT2D eigenvalue weighted by molar-refractivity contribution is 6.17. The van der Waals surface area contributed by atoms with E-state index in [1.54, 1.807) is 0 Å². The van der Waals surface area contributed by atoms with Gasteiger partial charge in [-0.3, -0.25) is 4.90 Å². The molecule has 2 N–H and O–H groups in total. The summed E-state index contributed by atoms with van der Waals surface area (Å²) in [4.78, 5) is 1.88. The SMILES string of the molecule is CCCCCCCCCCCCCCCCCCN(CCl)CC(O)O. The first-order valence-corrected chi connectivity index (χ1v) is 11.4. The molecule has 0 atom stereocenters. The highest BCUT2D eigenvalue weighted by Crippen LogP contribution is 2.13. The van der Waals surface area contributed by atoms with Crippen LogP contribution in [-0.4, -0.2) is 40.5 Å². The van der Waals surface area contributed by atoms with E-state index in [1.165, 1.54) is 96.3 Å². The van der Waals surface area contributed by atoms with Gasteiger partial charge < -0.3 is 10.2 Å². The van der Waals surface area contributed by atoms with E-state index in [0.717, 1.165) is 13.0 Å². The van der Waals surface area contributed by atoms with E-state index < -0.39 is 6.29 Å². The van der Waals surface area contributed by atoms with Gasteiger partial charge in [-0.2, -0.15) is 0 Å². The van der Waals surface area contributed by atoms with Crippen LogP contribution in [0.2, 0.25) is 0 Å². The van der Waals surface area contributed by atoms with Crippen LogP contribution in [0.5, 0.6) is 0 Å². The second-order valence-corrected chi connectivity index (χ2v) is 7.72. The Morgan fingerprint density at radius 3 is 1.32 bits per heavy atom. The van der Waals surface area contributed by atoms with E-state index in [4.69, 9.17) is 21.8 Å². The number of aliphatic hydroxyl groups is 2. The Balaban J connectivity index is 3.14. The molecule has 25 heavy (non-hydrogen) atoms. The lowest BCUT2D eigenvalue weighted by Gasteiger charge is -2.19. The maximum absolute atomic E-state index is 8.94. The largest absolute Gasteiger partial charge is 0.367 e. The molecular weight excluding hydrogens is 334 g/mol. The molecular formula is C21H44ClNO2. The van der Waals surface area contributed by atoms with Crippen molar-refractivity contribution in [3.05, 3.63) is 0 Å². The molecule has 0 amide bonds. The predicted octanol–water partition coefficient (Wildman–Crippen LogP) is 6.06. The third-order valence-electron chi connectivity index (χ3n) is 4.92. The average molecular weight is 378 g/mol. The minimum absolute atomic E-state index is 0.252. The zero-order chi connectivity index (χ0) is 18.6. The molecule has 0 aromatic carbocycles. The summed E-state index contributed by atoms with van der Waals surface area (Å²) in [6.45, 7) is 3.39. The summed E-state index contributed by atoms with van der Waals surface area (Å²) in [7, 11) is 0. The molecule has 0 spiro atoms. The molecule has 0 aliphatic rings. The van der Waals surface area contributed by atoms with Crippen LogP contribution in [0.3, 0.4) is 0 Å². The van der Waals surface area contributed by atoms with Crippen molar-refractivity contribution in [2.45, 2.75) is 116 Å². The third-order valence-corrected chi connectivity index (χ3v) is 5.26. The van der Waals surface area contributed by atoms with Crippen LogP contribution in [0, 0.1) is 0 Å². The normalized spacial score (nSPS) is 11.8. The summed E-state index contributed by atoms with van der Waals surface area (Å²) in [5.74, 6) is 0. The Morgan fingerprint density at radius 2 is 1.00 bits per heavy atom. The monoisotopic (exact) mass is 377 g/mol. The Hall–Kier alpha value is 0.170. The van der Waals surface area contributed by atoms with Gasteiger partial charge in [0.05, 0.1) is 12.5 Å². The first kappa shape index (κ1) is 25.2. The molecule has 0 fully saturated rings. The number of hydrogen-bond donors (Lipinski definition) is 2. The van der Waals surface area contributed by atoms with Crippen molar-refractivity contribution in [1.29, 1.82) is 0 Å². The van der Waals surface area contributed by atoms with Crippen LogP contribution < -0.4 is 0 Å². The maximum atomic E-state index is 8.94. The van der Waals surface area contributed by atoms with Crippen LogP contribution in [0.25, 0.3) is 0 Å². The van der Waals surface area contributed by atoms with Crippen molar-refractivity contribution in [1.82, 2.24) is 4.90 Å². The van der Waals surface area contributed by atoms with Crippen LogP contribution in [-0.2, 0) is 0 Å². The van der Waals surface area contributed by atoms with Gasteiger partial charge in [0.15, 0.2) is 6.29 Å². The molecule has 0 bridgehead atoms. The number of unbranched alkanes of at least 4 members (excludes halogenated alkanes) is 15. The summed E-state index contributed by atoms with van der Waals surface area (Å²) in [6, 6.07) is 0.371. The maximum Gasteiger partial charge on any atom is 0.164 e. The molecule has 0 saturated heterocycles. The number of nitrogens with zero attached hydrogens (tertiary/aromatic N) is 1. The fourth-order valence-corrected chi connectivity index (χ4v) is 3.53. The molecule has 0 unspecified atom stereocenters. The molecule has 0 aliphatic heterocycles. The lowest BCUT2D eigenvalue weighted by molar-refractivity contribution is -0.0586. The molecule has 0 saturated carbocycles. The number of aliphatic hydroxyl groups excluding tert-OH is 1. The van der Waals surface area contributed by atoms with Crippen molar-refractivity contribution >= 4 is 11.6 Å². The quantitative estimate of drug-likeness (QED) is 0.117. The highest BCUT2D eigenvalue weighted by atomic mass is 35.5. The smallest absolute Gasteiger partial charge is 0.164 e. The Morgan fingerprint density at radius 1 is 0.640 bits per heavy atom. The van der Waals surface area contributed by atoms with Crippen LogP contribution in [0.4, 0.5) is 0 Å². The summed E-state index contributed by atoms with van der Waals surface area (Å²) in [5.41, 5.74) is 0. The Bertz CT molecular complexity index is 252. The topological polar surface area (TPSA) is 43.7 Å². The van der Waals surface area contributed by atoms with Gasteiger partial charge >= 0.3 is 0 Å². The van der Waals surface area contributed by atoms with E-state index >= 15 is 0 Å². The van der Waals surface area contributed by atoms with Gasteiger partial charge in [0, 0.05) is 0 Å². The summed E-state index contributed by atoms with van der Waals surface area (Å²) in [6.07, 6.45) is 20.6. The molecule has 0 aliphatic carbocycles. The standard InChI is InChI=1S/C21H44ClNO2/c1-2-3-4-5-6-7-8-9-10-11-12-13-14-15-16-17-18-23(20-22)19-21(24)25/h21,24-25H,2-20H2,1H3. The zero-order valence-electron chi connectivity index (χ0n) is 16.7. The summed E-state index contributed by atoms with van der Waals surface area (Å²) in [5, 5.41) is 17.9. The molecule has 0 rings (SSSR count). The van der Waals surface area contributed by atoms with Crippen molar-refractivity contribution < 1.29 is 10.2 Å². The van der Waals surface area contributed by atoms with Crippen molar-refractivity contribution in [2.24, 2.45) is 0 Å². The molecule has 0 aromatic heterocycles. The molecule has 4 heteroatoms. The van der Waals surface area contributed by atoms with E-state index in [1.807, 2.05) is 4.90 Å². The Labute approximate surface area is 162 Å². The lowest BCUT2D eigenvalue weighted by atomic mass is 10.0. The fraction of sp³-hybridized carbons (Fsp3) is 1.00. The van der Waals surface area contributed by atoms with Crippen molar-refractivity contribution in [3.63, 3.8) is 0 Å². The number of rotatable bonds is 20. The van der Waals surface area contributed by atoms with E-state index in [-0.39, 0.29) is 6.54 Å². The molecule has 152 valence electrons. The lowest BCUT2D eigenvalue weighted by Crippen LogP contribution is -2.32. The number of alkyl halides is 1. The fourth-order valence-electron chi connectivity index (χ4n) is 3.31. The average Bonchev–Trinajstić information content (AvgIpc) is 2.60. The minimum Gasteiger partial charge on any atom is -0.367 e. The van der Waals surface area contributed by atoms with Crippen LogP contribution in [0.1, 0.15) is 110 Å². The zero-order valence-corrected chi connectivity index (χ0v) is 17.5. The van der Waals surface area contributed by atoms with Gasteiger partial charge in [-0.1, -0.05) is 103 Å². The van der Waals surface area contributed by atoms with E-state index in [9.17, 15) is 0 Å². The van der Waals surface area contributed by atoms with Gasteiger partial charge in [-0.05, 0) is 13.0 Å². The second-order valence-electron chi connectivity index (χ2n) is 7.48. The first-order chi connectivity index (χ1) is 12.2. The van der Waals surface area contributed by atoms with Gasteiger partial charge in [-0.25, -0.2) is 0 Å². The van der Waals surface area contributed by atoms with Gasteiger partial charge in [0.25, 0.3) is 0 Å². The molecule has 0 aromatic rings. The van der Waals surface area contributed by atoms with E-state index in [2.05, 4.69) is 6.92 Å². The minimum atomic E-state index is -1.28. The van der Waals surface area contributed by atoms with Crippen molar-refractivity contribution in [3.8, 4) is 0 Å². The van der Waals surface area contributed by atoms with E-state index in [0.29, 0.717) is 6.00 Å².